The zero-order chi connectivity index (χ0) is 10.9. The summed E-state index contributed by atoms with van der Waals surface area (Å²) < 4.78 is 0. The Kier molecular flexibility index (Phi) is 3.01. The van der Waals surface area contributed by atoms with E-state index in [1.165, 1.54) is 12.8 Å². The number of nitrogens with zero attached hydrogens (tertiary/aromatic N) is 1. The molecule has 0 unspecified atom stereocenters. The molecule has 1 spiro atoms. The minimum Gasteiger partial charge on any atom is -0.328 e. The molecule has 1 aliphatic carbocycles. The molecule has 0 bridgehead atoms. The van der Waals surface area contributed by atoms with Crippen molar-refractivity contribution in [1.82, 2.24) is 10.2 Å². The first-order chi connectivity index (χ1) is 7.14. The molecule has 1 saturated carbocycles. The summed E-state index contributed by atoms with van der Waals surface area (Å²) in [6.07, 6.45) is 5.62. The monoisotopic (exact) mass is 210 g/mol. The quantitative estimate of drug-likeness (QED) is 0.769. The van der Waals surface area contributed by atoms with Crippen LogP contribution in [0.4, 0.5) is 0 Å². The zero-order valence-electron chi connectivity index (χ0n) is 9.88. The van der Waals surface area contributed by atoms with Gasteiger partial charge < -0.3 is 4.90 Å². The van der Waals surface area contributed by atoms with Crippen molar-refractivity contribution in [2.24, 2.45) is 5.92 Å². The number of hydrogen-bond acceptors (Lipinski definition) is 2. The van der Waals surface area contributed by atoms with Crippen molar-refractivity contribution in [2.75, 3.05) is 13.2 Å². The summed E-state index contributed by atoms with van der Waals surface area (Å²) in [7, 11) is 0. The smallest absolute Gasteiger partial charge is 0.243 e. The Labute approximate surface area is 92.2 Å². The standard InChI is InChI=1S/C12H22N2O/c1-10(2)5-8-14-9-13-12(11(14)15)6-3-4-7-12/h10,13H,3-9H2,1-2H3. The van der Waals surface area contributed by atoms with Crippen LogP contribution in [0.1, 0.15) is 46.0 Å². The van der Waals surface area contributed by atoms with Gasteiger partial charge >= 0.3 is 0 Å². The normalized spacial score (nSPS) is 24.7. The van der Waals surface area contributed by atoms with E-state index in [4.69, 9.17) is 0 Å². The van der Waals surface area contributed by atoms with Gasteiger partial charge in [0, 0.05) is 6.54 Å². The van der Waals surface area contributed by atoms with Gasteiger partial charge in [0.1, 0.15) is 0 Å². The number of rotatable bonds is 3. The van der Waals surface area contributed by atoms with E-state index in [2.05, 4.69) is 19.2 Å². The Hall–Kier alpha value is -0.570. The zero-order valence-corrected chi connectivity index (χ0v) is 9.88. The van der Waals surface area contributed by atoms with Crippen molar-refractivity contribution in [3.8, 4) is 0 Å². The number of nitrogens with one attached hydrogen (secondary N) is 1. The molecule has 0 aromatic rings. The van der Waals surface area contributed by atoms with Gasteiger partial charge in [-0.05, 0) is 25.2 Å². The van der Waals surface area contributed by atoms with Crippen LogP contribution in [-0.4, -0.2) is 29.6 Å². The van der Waals surface area contributed by atoms with E-state index in [0.717, 1.165) is 32.5 Å². The molecule has 2 aliphatic rings. The van der Waals surface area contributed by atoms with Gasteiger partial charge in [0.2, 0.25) is 5.91 Å². The van der Waals surface area contributed by atoms with Crippen molar-refractivity contribution in [1.29, 1.82) is 0 Å². The molecule has 1 aliphatic heterocycles. The SMILES string of the molecule is CC(C)CCN1CNC2(CCCC2)C1=O. The second-order valence-electron chi connectivity index (χ2n) is 5.38. The minimum atomic E-state index is -0.156. The fourth-order valence-corrected chi connectivity index (χ4v) is 2.66. The molecule has 0 atom stereocenters. The van der Waals surface area contributed by atoms with Crippen LogP contribution in [0.3, 0.4) is 0 Å². The number of amides is 1. The fourth-order valence-electron chi connectivity index (χ4n) is 2.66. The van der Waals surface area contributed by atoms with Gasteiger partial charge in [0.05, 0.1) is 12.2 Å². The minimum absolute atomic E-state index is 0.156. The predicted molar refractivity (Wildman–Crippen MR) is 60.4 cm³/mol. The van der Waals surface area contributed by atoms with Crippen molar-refractivity contribution < 1.29 is 4.79 Å². The van der Waals surface area contributed by atoms with Crippen LogP contribution in [0, 0.1) is 5.92 Å². The largest absolute Gasteiger partial charge is 0.328 e. The average Bonchev–Trinajstić information content (AvgIpc) is 2.76. The second-order valence-corrected chi connectivity index (χ2v) is 5.38. The first kappa shape index (κ1) is 10.9. The maximum absolute atomic E-state index is 12.2. The Morgan fingerprint density at radius 2 is 2.07 bits per heavy atom. The van der Waals surface area contributed by atoms with Gasteiger partial charge in [0.15, 0.2) is 0 Å². The molecule has 86 valence electrons. The molecule has 1 heterocycles. The summed E-state index contributed by atoms with van der Waals surface area (Å²) >= 11 is 0. The van der Waals surface area contributed by atoms with E-state index in [-0.39, 0.29) is 5.54 Å². The topological polar surface area (TPSA) is 32.3 Å². The molecule has 1 N–H and O–H groups in total. The molecule has 1 amide bonds. The lowest BCUT2D eigenvalue weighted by Gasteiger charge is -2.22. The van der Waals surface area contributed by atoms with Crippen LogP contribution >= 0.6 is 0 Å². The summed E-state index contributed by atoms with van der Waals surface area (Å²) in [6, 6.07) is 0. The number of carbonyl (C=O) groups excluding carboxylic acids is 1. The van der Waals surface area contributed by atoms with Crippen molar-refractivity contribution in [2.45, 2.75) is 51.5 Å². The lowest BCUT2D eigenvalue weighted by Crippen LogP contribution is -2.44. The van der Waals surface area contributed by atoms with E-state index < -0.39 is 0 Å². The third kappa shape index (κ3) is 2.03. The molecule has 2 rings (SSSR count). The molecule has 15 heavy (non-hydrogen) atoms. The van der Waals surface area contributed by atoms with Crippen molar-refractivity contribution in [3.63, 3.8) is 0 Å². The van der Waals surface area contributed by atoms with Crippen LogP contribution in [-0.2, 0) is 4.79 Å². The highest BCUT2D eigenvalue weighted by atomic mass is 16.2. The Morgan fingerprint density at radius 1 is 1.40 bits per heavy atom. The van der Waals surface area contributed by atoms with Crippen LogP contribution < -0.4 is 5.32 Å². The van der Waals surface area contributed by atoms with Crippen LogP contribution in [0.5, 0.6) is 0 Å². The summed E-state index contributed by atoms with van der Waals surface area (Å²) in [6.45, 7) is 6.11. The highest BCUT2D eigenvalue weighted by molar-refractivity contribution is 5.88. The van der Waals surface area contributed by atoms with E-state index in [9.17, 15) is 4.79 Å². The van der Waals surface area contributed by atoms with E-state index >= 15 is 0 Å². The number of carbonyl (C=O) groups is 1. The lowest BCUT2D eigenvalue weighted by molar-refractivity contribution is -0.132. The maximum Gasteiger partial charge on any atom is 0.243 e. The van der Waals surface area contributed by atoms with Gasteiger partial charge in [-0.25, -0.2) is 0 Å². The Bertz CT molecular complexity index is 244. The molecule has 2 fully saturated rings. The van der Waals surface area contributed by atoms with Gasteiger partial charge in [-0.15, -0.1) is 0 Å². The van der Waals surface area contributed by atoms with Crippen LogP contribution in [0.25, 0.3) is 0 Å². The summed E-state index contributed by atoms with van der Waals surface area (Å²) in [5, 5.41) is 3.43. The first-order valence-corrected chi connectivity index (χ1v) is 6.18. The van der Waals surface area contributed by atoms with Crippen LogP contribution in [0.15, 0.2) is 0 Å². The highest BCUT2D eigenvalue weighted by Crippen LogP contribution is 2.34. The average molecular weight is 210 g/mol. The van der Waals surface area contributed by atoms with Gasteiger partial charge in [-0.1, -0.05) is 26.7 Å². The third-order valence-corrected chi connectivity index (χ3v) is 3.74. The fraction of sp³-hybridized carbons (Fsp3) is 0.917. The van der Waals surface area contributed by atoms with E-state index in [1.54, 1.807) is 0 Å². The molecule has 3 nitrogen and oxygen atoms in total. The second kappa shape index (κ2) is 4.12. The van der Waals surface area contributed by atoms with Gasteiger partial charge in [0.25, 0.3) is 0 Å². The molecule has 0 radical (unpaired) electrons. The third-order valence-electron chi connectivity index (χ3n) is 3.74. The Balaban J connectivity index is 1.92. The summed E-state index contributed by atoms with van der Waals surface area (Å²) in [5.74, 6) is 1.04. The molecular formula is C12H22N2O. The molecule has 1 saturated heterocycles. The molecular weight excluding hydrogens is 188 g/mol. The maximum atomic E-state index is 12.2. The van der Waals surface area contributed by atoms with E-state index in [1.807, 2.05) is 4.90 Å². The van der Waals surface area contributed by atoms with Crippen molar-refractivity contribution in [3.05, 3.63) is 0 Å². The highest BCUT2D eigenvalue weighted by Gasteiger charge is 2.47. The lowest BCUT2D eigenvalue weighted by atomic mass is 9.98. The summed E-state index contributed by atoms with van der Waals surface area (Å²) in [4.78, 5) is 14.2. The predicted octanol–water partition coefficient (Wildman–Crippen LogP) is 1.73. The summed E-state index contributed by atoms with van der Waals surface area (Å²) in [5.41, 5.74) is -0.156. The van der Waals surface area contributed by atoms with E-state index in [0.29, 0.717) is 11.8 Å². The molecule has 3 heteroatoms. The Morgan fingerprint density at radius 3 is 2.67 bits per heavy atom. The molecule has 0 aromatic heterocycles. The van der Waals surface area contributed by atoms with Crippen molar-refractivity contribution >= 4 is 5.91 Å². The van der Waals surface area contributed by atoms with Crippen LogP contribution in [0.2, 0.25) is 0 Å². The molecule has 0 aromatic carbocycles. The van der Waals surface area contributed by atoms with Gasteiger partial charge in [-0.3, -0.25) is 10.1 Å². The first-order valence-electron chi connectivity index (χ1n) is 6.18. The van der Waals surface area contributed by atoms with Gasteiger partial charge in [-0.2, -0.15) is 0 Å². The number of hydrogen-bond donors (Lipinski definition) is 1.